The molecule has 2 aliphatic rings. The van der Waals surface area contributed by atoms with Crippen LogP contribution in [0.25, 0.3) is 0 Å². The lowest BCUT2D eigenvalue weighted by atomic mass is 9.46. The molecule has 2 rings (SSSR count). The highest BCUT2D eigenvalue weighted by molar-refractivity contribution is 5.02. The Balaban J connectivity index is 2.28. The van der Waals surface area contributed by atoms with Crippen LogP contribution >= 0.6 is 0 Å². The van der Waals surface area contributed by atoms with Crippen molar-refractivity contribution < 1.29 is 5.11 Å². The van der Waals surface area contributed by atoms with Crippen molar-refractivity contribution in [2.24, 2.45) is 28.6 Å². The number of rotatable bonds is 2. The van der Waals surface area contributed by atoms with E-state index in [1.165, 1.54) is 32.1 Å². The topological polar surface area (TPSA) is 20.2 Å². The van der Waals surface area contributed by atoms with Gasteiger partial charge in [0.05, 0.1) is 0 Å². The Labute approximate surface area is 107 Å². The fourth-order valence-electron chi connectivity index (χ4n) is 5.36. The smallest absolute Gasteiger partial charge is 0.0433 e. The standard InChI is InChI=1S/C16H30O/c1-12-6-7-14-15(2,3)9-5-10-16(14,4)13(12)8-11-17/h12-14,17H,5-11H2,1-4H3/t12-,13-,14-,16+/m0/s1. The molecule has 1 heteroatoms. The van der Waals surface area contributed by atoms with Crippen molar-refractivity contribution in [2.45, 2.75) is 66.2 Å². The summed E-state index contributed by atoms with van der Waals surface area (Å²) in [5.74, 6) is 2.42. The highest BCUT2D eigenvalue weighted by Crippen LogP contribution is 2.61. The van der Waals surface area contributed by atoms with Crippen LogP contribution in [0.5, 0.6) is 0 Å². The van der Waals surface area contributed by atoms with E-state index >= 15 is 0 Å². The van der Waals surface area contributed by atoms with Crippen molar-refractivity contribution in [3.8, 4) is 0 Å². The van der Waals surface area contributed by atoms with Gasteiger partial charge >= 0.3 is 0 Å². The predicted octanol–water partition coefficient (Wildman–Crippen LogP) is 4.25. The van der Waals surface area contributed by atoms with Gasteiger partial charge in [0.2, 0.25) is 0 Å². The normalized spacial score (nSPS) is 45.4. The summed E-state index contributed by atoms with van der Waals surface area (Å²) in [7, 11) is 0. The molecular formula is C16H30O. The zero-order valence-corrected chi connectivity index (χ0v) is 12.1. The summed E-state index contributed by atoms with van der Waals surface area (Å²) in [6, 6.07) is 0. The van der Waals surface area contributed by atoms with Gasteiger partial charge in [-0.3, -0.25) is 0 Å². The first-order valence-electron chi connectivity index (χ1n) is 7.52. The molecule has 4 atom stereocenters. The molecule has 0 bridgehead atoms. The van der Waals surface area contributed by atoms with E-state index in [0.29, 0.717) is 17.4 Å². The fraction of sp³-hybridized carbons (Fsp3) is 1.00. The first-order valence-corrected chi connectivity index (χ1v) is 7.52. The van der Waals surface area contributed by atoms with Gasteiger partial charge < -0.3 is 5.11 Å². The van der Waals surface area contributed by atoms with Crippen LogP contribution in [-0.2, 0) is 0 Å². The van der Waals surface area contributed by atoms with Gasteiger partial charge in [-0.2, -0.15) is 0 Å². The average Bonchev–Trinajstić information content (AvgIpc) is 2.22. The van der Waals surface area contributed by atoms with Crippen molar-refractivity contribution in [1.82, 2.24) is 0 Å². The van der Waals surface area contributed by atoms with E-state index < -0.39 is 0 Å². The molecule has 0 radical (unpaired) electrons. The van der Waals surface area contributed by atoms with Crippen molar-refractivity contribution in [1.29, 1.82) is 0 Å². The van der Waals surface area contributed by atoms with Gasteiger partial charge in [-0.05, 0) is 54.3 Å². The lowest BCUT2D eigenvalue weighted by Crippen LogP contribution is -2.51. The van der Waals surface area contributed by atoms with Gasteiger partial charge in [0, 0.05) is 6.61 Å². The van der Waals surface area contributed by atoms with Crippen molar-refractivity contribution in [3.63, 3.8) is 0 Å². The Bertz CT molecular complexity index is 271. The largest absolute Gasteiger partial charge is 0.396 e. The molecule has 1 N–H and O–H groups in total. The second kappa shape index (κ2) is 4.57. The average molecular weight is 238 g/mol. The summed E-state index contributed by atoms with van der Waals surface area (Å²) in [4.78, 5) is 0. The maximum Gasteiger partial charge on any atom is 0.0433 e. The first-order chi connectivity index (χ1) is 7.92. The van der Waals surface area contributed by atoms with Gasteiger partial charge in [-0.15, -0.1) is 0 Å². The summed E-state index contributed by atoms with van der Waals surface area (Å²) < 4.78 is 0. The van der Waals surface area contributed by atoms with Crippen molar-refractivity contribution >= 4 is 0 Å². The molecule has 0 aromatic rings. The monoisotopic (exact) mass is 238 g/mol. The van der Waals surface area contributed by atoms with E-state index in [9.17, 15) is 5.11 Å². The third-order valence-corrected chi connectivity index (χ3v) is 6.16. The Hall–Kier alpha value is -0.0400. The van der Waals surface area contributed by atoms with E-state index in [1.54, 1.807) is 0 Å². The summed E-state index contributed by atoms with van der Waals surface area (Å²) in [5, 5.41) is 9.37. The number of aliphatic hydroxyl groups is 1. The van der Waals surface area contributed by atoms with Crippen molar-refractivity contribution in [2.75, 3.05) is 6.61 Å². The van der Waals surface area contributed by atoms with Gasteiger partial charge in [0.15, 0.2) is 0 Å². The van der Waals surface area contributed by atoms with Gasteiger partial charge in [0.25, 0.3) is 0 Å². The lowest BCUT2D eigenvalue weighted by molar-refractivity contribution is -0.0991. The molecule has 0 unspecified atom stereocenters. The van der Waals surface area contributed by atoms with Gasteiger partial charge in [0.1, 0.15) is 0 Å². The molecule has 0 heterocycles. The molecule has 0 amide bonds. The highest BCUT2D eigenvalue weighted by Gasteiger charge is 2.53. The Morgan fingerprint density at radius 1 is 1.12 bits per heavy atom. The van der Waals surface area contributed by atoms with Crippen LogP contribution in [0.2, 0.25) is 0 Å². The molecule has 2 aliphatic carbocycles. The number of hydrogen-bond acceptors (Lipinski definition) is 1. The highest BCUT2D eigenvalue weighted by atomic mass is 16.3. The van der Waals surface area contributed by atoms with Crippen LogP contribution in [0.3, 0.4) is 0 Å². The second-order valence-electron chi connectivity index (χ2n) is 7.57. The van der Waals surface area contributed by atoms with Crippen LogP contribution in [0.4, 0.5) is 0 Å². The van der Waals surface area contributed by atoms with Crippen LogP contribution in [0.1, 0.15) is 66.2 Å². The summed E-state index contributed by atoms with van der Waals surface area (Å²) in [6.45, 7) is 10.2. The predicted molar refractivity (Wildman–Crippen MR) is 72.8 cm³/mol. The fourth-order valence-corrected chi connectivity index (χ4v) is 5.36. The van der Waals surface area contributed by atoms with Gasteiger partial charge in [-0.25, -0.2) is 0 Å². The maximum absolute atomic E-state index is 9.37. The molecule has 0 aliphatic heterocycles. The number of fused-ring (bicyclic) bond motifs is 1. The molecule has 2 fully saturated rings. The van der Waals surface area contributed by atoms with Gasteiger partial charge in [-0.1, -0.05) is 40.5 Å². The Morgan fingerprint density at radius 3 is 2.47 bits per heavy atom. The molecule has 0 spiro atoms. The molecular weight excluding hydrogens is 208 g/mol. The van der Waals surface area contributed by atoms with E-state index in [4.69, 9.17) is 0 Å². The molecule has 0 saturated heterocycles. The van der Waals surface area contributed by atoms with Crippen LogP contribution < -0.4 is 0 Å². The molecule has 17 heavy (non-hydrogen) atoms. The first kappa shape index (κ1) is 13.4. The third-order valence-electron chi connectivity index (χ3n) is 6.16. The molecule has 0 aromatic heterocycles. The SMILES string of the molecule is C[C@H]1CC[C@H]2C(C)(C)CCC[C@]2(C)[C@H]1CCO. The minimum atomic E-state index is 0.373. The molecule has 100 valence electrons. The van der Waals surface area contributed by atoms with E-state index in [2.05, 4.69) is 27.7 Å². The molecule has 0 aromatic carbocycles. The number of hydrogen-bond donors (Lipinski definition) is 1. The molecule has 1 nitrogen and oxygen atoms in total. The summed E-state index contributed by atoms with van der Waals surface area (Å²) >= 11 is 0. The van der Waals surface area contributed by atoms with E-state index in [0.717, 1.165) is 24.2 Å². The summed E-state index contributed by atoms with van der Waals surface area (Å²) in [6.07, 6.45) is 7.96. The zero-order valence-electron chi connectivity index (χ0n) is 12.1. The van der Waals surface area contributed by atoms with E-state index in [-0.39, 0.29) is 0 Å². The van der Waals surface area contributed by atoms with Crippen LogP contribution in [0, 0.1) is 28.6 Å². The molecule has 2 saturated carbocycles. The number of aliphatic hydroxyl groups excluding tert-OH is 1. The Kier molecular flexibility index (Phi) is 3.60. The summed E-state index contributed by atoms with van der Waals surface area (Å²) in [5.41, 5.74) is 1.00. The Morgan fingerprint density at radius 2 is 1.82 bits per heavy atom. The lowest BCUT2D eigenvalue weighted by Gasteiger charge is -2.59. The van der Waals surface area contributed by atoms with Crippen molar-refractivity contribution in [3.05, 3.63) is 0 Å². The minimum Gasteiger partial charge on any atom is -0.396 e. The maximum atomic E-state index is 9.37. The second-order valence-corrected chi connectivity index (χ2v) is 7.57. The minimum absolute atomic E-state index is 0.373. The third kappa shape index (κ3) is 2.16. The quantitative estimate of drug-likeness (QED) is 0.762. The zero-order chi connectivity index (χ0) is 12.7. The van der Waals surface area contributed by atoms with Crippen LogP contribution in [-0.4, -0.2) is 11.7 Å². The van der Waals surface area contributed by atoms with Crippen LogP contribution in [0.15, 0.2) is 0 Å². The van der Waals surface area contributed by atoms with E-state index in [1.807, 2.05) is 0 Å².